The van der Waals surface area contributed by atoms with Crippen LogP contribution in [0.2, 0.25) is 0 Å². The molecule has 2 atom stereocenters. The zero-order valence-corrected chi connectivity index (χ0v) is 20.1. The zero-order valence-electron chi connectivity index (χ0n) is 54.2. The van der Waals surface area contributed by atoms with Crippen molar-refractivity contribution in [1.82, 2.24) is 0 Å². The van der Waals surface area contributed by atoms with Gasteiger partial charge in [-0.1, -0.05) is 96.1 Å². The monoisotopic (exact) mass is 560 g/mol. The number of rotatable bonds is 25. The molecule has 0 aliphatic rings. The second kappa shape index (κ2) is 21.6. The first-order valence-corrected chi connectivity index (χ1v) is 11.0. The molecule has 35 heavy (non-hydrogen) atoms. The molecule has 0 aromatic heterocycles. The Morgan fingerprint density at radius 1 is 0.886 bits per heavy atom. The molecule has 210 valence electrons. The Balaban J connectivity index is 7.46. The Morgan fingerprint density at radius 3 is 1.83 bits per heavy atom. The predicted molar refractivity (Wildman–Crippen MR) is 141 cm³/mol. The Morgan fingerprint density at radius 2 is 1.37 bits per heavy atom. The van der Waals surface area contributed by atoms with Crippen molar-refractivity contribution in [2.24, 2.45) is 0 Å². The minimum Gasteiger partial charge on any atom is -0.457 e. The minimum atomic E-state index is -5.33. The molecule has 1 unspecified atom stereocenters. The summed E-state index contributed by atoms with van der Waals surface area (Å²) in [6.45, 7) is -7.16. The van der Waals surface area contributed by atoms with Crippen LogP contribution in [-0.2, 0) is 23.1 Å². The molecule has 0 heterocycles. The number of carbonyl (C=O) groups excluding carboxylic acids is 1. The molecule has 0 amide bonds. The van der Waals surface area contributed by atoms with Gasteiger partial charge in [-0.3, -0.25) is 13.8 Å². The first-order chi connectivity index (χ1) is 29.8. The summed E-state index contributed by atoms with van der Waals surface area (Å²) in [5.41, 5.74) is 0. The van der Waals surface area contributed by atoms with Crippen LogP contribution in [0, 0.1) is 0 Å². The van der Waals surface area contributed by atoms with Crippen molar-refractivity contribution in [2.75, 3.05) is 47.5 Å². The van der Waals surface area contributed by atoms with Gasteiger partial charge in [0.05, 0.1) is 34.4 Å². The lowest BCUT2D eigenvalue weighted by molar-refractivity contribution is -0.870. The summed E-state index contributed by atoms with van der Waals surface area (Å²) in [7, 11) is 0.00369. The number of phosphoric acid groups is 1. The number of esters is 1. The van der Waals surface area contributed by atoms with E-state index in [2.05, 4.69) is 9.26 Å². The number of quaternary nitrogens is 1. The Kier molecular flexibility index (Phi) is 5.09. The van der Waals surface area contributed by atoms with Crippen LogP contribution in [-0.4, -0.2) is 74.1 Å². The quantitative estimate of drug-likeness (QED) is 0.0804. The van der Waals surface area contributed by atoms with Gasteiger partial charge in [-0.2, -0.15) is 0 Å². The van der Waals surface area contributed by atoms with Crippen LogP contribution in [0.3, 0.4) is 0 Å². The fourth-order valence-electron chi connectivity index (χ4n) is 1.44. The minimum absolute atomic E-state index is 0.134. The molecule has 0 rings (SSSR count). The highest BCUT2D eigenvalue weighted by molar-refractivity contribution is 7.47. The summed E-state index contributed by atoms with van der Waals surface area (Å²) in [5, 5.41) is 9.65. The maximum atomic E-state index is 13.0. The molecule has 0 saturated heterocycles. The lowest BCUT2D eigenvalue weighted by atomic mass is 10.0. The highest BCUT2D eigenvalue weighted by Gasteiger charge is 2.25. The van der Waals surface area contributed by atoms with Gasteiger partial charge in [0.1, 0.15) is 19.3 Å². The second-order valence-electron chi connectivity index (χ2n) is 6.82. The van der Waals surface area contributed by atoms with Gasteiger partial charge < -0.3 is 19.2 Å². The molecule has 9 heteroatoms. The number of nitrogens with zero attached hydrogens (tertiary/aromatic N) is 1. The van der Waals surface area contributed by atoms with E-state index in [-0.39, 0.29) is 11.0 Å². The highest BCUT2D eigenvalue weighted by atomic mass is 31.2. The lowest BCUT2D eigenvalue weighted by Crippen LogP contribution is -2.37. The average molecular weight is 560 g/mol. The molecule has 0 spiro atoms. The molecular weight excluding hydrogens is 469 g/mol. The molecule has 0 aromatic rings. The summed E-state index contributed by atoms with van der Waals surface area (Å²) in [4.78, 5) is 22.9. The van der Waals surface area contributed by atoms with Crippen LogP contribution in [0.4, 0.5) is 0 Å². The van der Waals surface area contributed by atoms with Crippen LogP contribution in [0.25, 0.3) is 0 Å². The fraction of sp³-hybridized carbons (Fsp3) is 0.962. The number of phosphoric ester groups is 1. The predicted octanol–water partition coefficient (Wildman–Crippen LogP) is 5.99. The summed E-state index contributed by atoms with van der Waals surface area (Å²) < 4.78 is 311. The van der Waals surface area contributed by atoms with E-state index in [1.54, 1.807) is 21.1 Å². The normalized spacial score (nSPS) is 36.3. The third-order valence-electron chi connectivity index (χ3n) is 2.96. The molecule has 0 radical (unpaired) electrons. The molecule has 0 fully saturated rings. The van der Waals surface area contributed by atoms with E-state index in [4.69, 9.17) is 52.5 Å². The Labute approximate surface area is 264 Å². The lowest BCUT2D eigenvalue weighted by Gasteiger charge is -2.24. The smallest absolute Gasteiger partial charge is 0.457 e. The van der Waals surface area contributed by atoms with Gasteiger partial charge in [0.15, 0.2) is 0 Å². The van der Waals surface area contributed by atoms with Crippen LogP contribution in [0.1, 0.15) is 157 Å². The Hall–Kier alpha value is -0.500. The third kappa shape index (κ3) is 25.0. The van der Waals surface area contributed by atoms with E-state index in [0.29, 0.717) is 0 Å². The van der Waals surface area contributed by atoms with Crippen molar-refractivity contribution in [3.8, 4) is 0 Å². The van der Waals surface area contributed by atoms with Gasteiger partial charge in [0, 0.05) is 54.3 Å². The first kappa shape index (κ1) is 8.25. The van der Waals surface area contributed by atoms with E-state index < -0.39 is 149 Å². The van der Waals surface area contributed by atoms with Gasteiger partial charge in [0.2, 0.25) is 0 Å². The molecule has 0 aliphatic carbocycles. The molecule has 0 aromatic carbocycles. The average Bonchev–Trinajstić information content (AvgIpc) is 3.13. The van der Waals surface area contributed by atoms with Gasteiger partial charge in [0.25, 0.3) is 0 Å². The number of aliphatic hydroxyl groups is 1. The van der Waals surface area contributed by atoms with Crippen molar-refractivity contribution in [3.05, 3.63) is 0 Å². The number of ether oxygens (including phenoxy) is 1. The maximum absolute atomic E-state index is 13.0. The van der Waals surface area contributed by atoms with Crippen molar-refractivity contribution in [2.45, 2.75) is 115 Å². The first-order valence-electron chi connectivity index (χ1n) is 27.0. The number of likely N-dealkylation sites (N-methyl/N-ethyl adjacent to an activating group) is 1. The number of hydrogen-bond acceptors (Lipinski definition) is 6. The summed E-state index contributed by atoms with van der Waals surface area (Å²) in [5.74, 6) is -2.58. The topological polar surface area (TPSA) is 102 Å². The largest absolute Gasteiger partial charge is 0.472 e. The van der Waals surface area contributed by atoms with E-state index in [9.17, 15) is 19.4 Å². The van der Waals surface area contributed by atoms with Crippen LogP contribution >= 0.6 is 7.82 Å². The SMILES string of the molecule is [2H]C([2H])([2H])C([2H])([2H])C([2H])([2H])C([2H])([2H])C([2H])([2H])C([2H])([2H])C([2H])([2H])C([2H])([2H])C([2H])([2H])C([2H])([2H])C([2H])([2H])C([2H])([2H])C([2H])([2H])C([2H])([2H])C([2H])([2H])C([2H])([2H])C([2H])([2H])C(=O)O[C@H](CO)COP(=O)(O)OCC[N+](C)(C)C. The molecule has 0 saturated carbocycles. The van der Waals surface area contributed by atoms with Gasteiger partial charge >= 0.3 is 13.8 Å². The fourth-order valence-corrected chi connectivity index (χ4v) is 2.18. The molecule has 0 bridgehead atoms. The van der Waals surface area contributed by atoms with Crippen molar-refractivity contribution >= 4 is 13.8 Å². The van der Waals surface area contributed by atoms with Crippen molar-refractivity contribution < 1.29 is 85.6 Å². The van der Waals surface area contributed by atoms with Crippen LogP contribution in [0.15, 0.2) is 0 Å². The Bertz CT molecular complexity index is 1910. The van der Waals surface area contributed by atoms with Gasteiger partial charge in [-0.25, -0.2) is 4.57 Å². The second-order valence-corrected chi connectivity index (χ2v) is 8.27. The summed E-state index contributed by atoms with van der Waals surface area (Å²) in [6, 6.07) is 0. The van der Waals surface area contributed by atoms with Gasteiger partial charge in [-0.15, -0.1) is 0 Å². The van der Waals surface area contributed by atoms with E-state index in [0.717, 1.165) is 0 Å². The third-order valence-corrected chi connectivity index (χ3v) is 3.94. The van der Waals surface area contributed by atoms with Gasteiger partial charge in [-0.05, 0) is 6.37 Å². The summed E-state index contributed by atoms with van der Waals surface area (Å²) in [6.07, 6.45) is -83.5. The highest BCUT2D eigenvalue weighted by Crippen LogP contribution is 2.43. The van der Waals surface area contributed by atoms with E-state index in [1.807, 2.05) is 0 Å². The summed E-state index contributed by atoms with van der Waals surface area (Å²) >= 11 is 0. The molecular formula is C26H55NO7P+. The van der Waals surface area contributed by atoms with Crippen LogP contribution < -0.4 is 0 Å². The van der Waals surface area contributed by atoms with E-state index in [1.165, 1.54) is 0 Å². The number of carbonyl (C=O) groups is 1. The molecule has 0 aliphatic heterocycles. The standard InChI is InChI=1S/C26H54NO7P/c1-5-6-7-8-9-10-11-12-13-14-15-16-17-18-19-20-26(29)34-25(23-28)24-33-35(30,31)32-22-21-27(2,3)4/h25,28H,5-24H2,1-4H3/p+1/t25-/m1/s1/i1D3,5D2,6D2,7D2,8D2,9D2,10D2,11D2,12D2,13D2,14D2,15D2,16D2,17D2,18D2,19D2,20D2. The zero-order chi connectivity index (χ0) is 57.6. The maximum Gasteiger partial charge on any atom is 0.472 e. The number of hydrogen-bond donors (Lipinski definition) is 2. The van der Waals surface area contributed by atoms with E-state index >= 15 is 0 Å². The number of aliphatic hydroxyl groups excluding tert-OH is 1. The van der Waals surface area contributed by atoms with Crippen molar-refractivity contribution in [3.63, 3.8) is 0 Å². The molecule has 8 nitrogen and oxygen atoms in total. The molecule has 2 N–H and O–H groups in total. The van der Waals surface area contributed by atoms with Crippen molar-refractivity contribution in [1.29, 1.82) is 0 Å². The van der Waals surface area contributed by atoms with Crippen LogP contribution in [0.5, 0.6) is 0 Å².